The SMILES string of the molecule is Cc1nnc(SC2CCCOC2)s1. The first-order valence-electron chi connectivity index (χ1n) is 4.39. The zero-order valence-electron chi connectivity index (χ0n) is 7.52. The molecule has 1 aliphatic rings. The van der Waals surface area contributed by atoms with Crippen LogP contribution >= 0.6 is 23.1 Å². The Kier molecular flexibility index (Phi) is 3.18. The van der Waals surface area contributed by atoms with Gasteiger partial charge in [0.25, 0.3) is 0 Å². The van der Waals surface area contributed by atoms with Crippen LogP contribution in [0.5, 0.6) is 0 Å². The third kappa shape index (κ3) is 2.65. The van der Waals surface area contributed by atoms with Gasteiger partial charge in [-0.15, -0.1) is 10.2 Å². The topological polar surface area (TPSA) is 35.0 Å². The van der Waals surface area contributed by atoms with Crippen molar-refractivity contribution in [2.45, 2.75) is 29.4 Å². The molecule has 0 aliphatic carbocycles. The molecular formula is C8H12N2OS2. The molecule has 1 saturated heterocycles. The van der Waals surface area contributed by atoms with Gasteiger partial charge in [0.15, 0.2) is 4.34 Å². The number of hydrogen-bond acceptors (Lipinski definition) is 5. The molecule has 72 valence electrons. The molecule has 5 heteroatoms. The standard InChI is InChI=1S/C8H12N2OS2/c1-6-9-10-8(12-6)13-7-3-2-4-11-5-7/h7H,2-5H2,1H3. The molecule has 2 heterocycles. The Morgan fingerprint density at radius 1 is 1.54 bits per heavy atom. The third-order valence-electron chi connectivity index (χ3n) is 1.89. The Morgan fingerprint density at radius 2 is 2.46 bits per heavy atom. The van der Waals surface area contributed by atoms with Crippen LogP contribution in [-0.4, -0.2) is 28.7 Å². The quantitative estimate of drug-likeness (QED) is 0.758. The van der Waals surface area contributed by atoms with Crippen molar-refractivity contribution in [2.75, 3.05) is 13.2 Å². The molecule has 3 nitrogen and oxygen atoms in total. The highest BCUT2D eigenvalue weighted by atomic mass is 32.2. The highest BCUT2D eigenvalue weighted by Crippen LogP contribution is 2.30. The molecule has 0 bridgehead atoms. The summed E-state index contributed by atoms with van der Waals surface area (Å²) < 4.78 is 6.47. The van der Waals surface area contributed by atoms with Crippen LogP contribution in [0.25, 0.3) is 0 Å². The minimum absolute atomic E-state index is 0.584. The molecule has 1 atom stereocenters. The number of nitrogens with zero attached hydrogens (tertiary/aromatic N) is 2. The molecule has 1 aliphatic heterocycles. The monoisotopic (exact) mass is 216 g/mol. The maximum Gasteiger partial charge on any atom is 0.174 e. The zero-order valence-corrected chi connectivity index (χ0v) is 9.16. The molecule has 0 N–H and O–H groups in total. The van der Waals surface area contributed by atoms with Crippen molar-refractivity contribution in [3.8, 4) is 0 Å². The predicted octanol–water partition coefficient (Wildman–Crippen LogP) is 2.12. The summed E-state index contributed by atoms with van der Waals surface area (Å²) in [6.45, 7) is 3.77. The summed E-state index contributed by atoms with van der Waals surface area (Å²) in [5.74, 6) is 0. The van der Waals surface area contributed by atoms with E-state index in [2.05, 4.69) is 10.2 Å². The molecule has 0 amide bonds. The fourth-order valence-corrected chi connectivity index (χ4v) is 3.47. The lowest BCUT2D eigenvalue weighted by molar-refractivity contribution is 0.101. The number of ether oxygens (including phenoxy) is 1. The molecule has 0 saturated carbocycles. The molecule has 0 aromatic carbocycles. The van der Waals surface area contributed by atoms with Gasteiger partial charge in [-0.2, -0.15) is 0 Å². The average molecular weight is 216 g/mol. The van der Waals surface area contributed by atoms with E-state index < -0.39 is 0 Å². The maximum atomic E-state index is 5.40. The lowest BCUT2D eigenvalue weighted by atomic mass is 10.2. The van der Waals surface area contributed by atoms with Gasteiger partial charge in [0.1, 0.15) is 5.01 Å². The van der Waals surface area contributed by atoms with Gasteiger partial charge in [-0.25, -0.2) is 0 Å². The summed E-state index contributed by atoms with van der Waals surface area (Å²) in [7, 11) is 0. The van der Waals surface area contributed by atoms with Gasteiger partial charge >= 0.3 is 0 Å². The number of rotatable bonds is 2. The fourth-order valence-electron chi connectivity index (χ4n) is 1.27. The second-order valence-electron chi connectivity index (χ2n) is 3.04. The van der Waals surface area contributed by atoms with Crippen molar-refractivity contribution in [1.82, 2.24) is 10.2 Å². The summed E-state index contributed by atoms with van der Waals surface area (Å²) in [6.07, 6.45) is 2.42. The smallest absolute Gasteiger partial charge is 0.174 e. The normalized spacial score (nSPS) is 23.3. The van der Waals surface area contributed by atoms with E-state index >= 15 is 0 Å². The van der Waals surface area contributed by atoms with Crippen LogP contribution in [-0.2, 0) is 4.74 Å². The lowest BCUT2D eigenvalue weighted by Gasteiger charge is -2.19. The van der Waals surface area contributed by atoms with Crippen LogP contribution in [0.2, 0.25) is 0 Å². The van der Waals surface area contributed by atoms with Crippen molar-refractivity contribution >= 4 is 23.1 Å². The van der Waals surface area contributed by atoms with E-state index in [1.54, 1.807) is 23.1 Å². The molecule has 0 radical (unpaired) electrons. The van der Waals surface area contributed by atoms with Crippen molar-refractivity contribution in [3.63, 3.8) is 0 Å². The van der Waals surface area contributed by atoms with Crippen molar-refractivity contribution in [2.24, 2.45) is 0 Å². The minimum Gasteiger partial charge on any atom is -0.380 e. The van der Waals surface area contributed by atoms with E-state index in [-0.39, 0.29) is 0 Å². The molecular weight excluding hydrogens is 204 g/mol. The summed E-state index contributed by atoms with van der Waals surface area (Å²) in [5.41, 5.74) is 0. The van der Waals surface area contributed by atoms with E-state index in [9.17, 15) is 0 Å². The first kappa shape index (κ1) is 9.43. The molecule has 13 heavy (non-hydrogen) atoms. The van der Waals surface area contributed by atoms with E-state index in [0.29, 0.717) is 5.25 Å². The van der Waals surface area contributed by atoms with Gasteiger partial charge in [0.05, 0.1) is 6.61 Å². The fraction of sp³-hybridized carbons (Fsp3) is 0.750. The number of hydrogen-bond donors (Lipinski definition) is 0. The number of thioether (sulfide) groups is 1. The maximum absolute atomic E-state index is 5.40. The molecule has 1 aromatic rings. The Morgan fingerprint density at radius 3 is 3.08 bits per heavy atom. The average Bonchev–Trinajstić information content (AvgIpc) is 2.53. The van der Waals surface area contributed by atoms with Crippen LogP contribution in [0.4, 0.5) is 0 Å². The van der Waals surface area contributed by atoms with Gasteiger partial charge in [-0.1, -0.05) is 23.1 Å². The van der Waals surface area contributed by atoms with Crippen LogP contribution < -0.4 is 0 Å². The second-order valence-corrected chi connectivity index (χ2v) is 5.77. The predicted molar refractivity (Wildman–Crippen MR) is 54.3 cm³/mol. The van der Waals surface area contributed by atoms with Crippen LogP contribution in [0.3, 0.4) is 0 Å². The van der Waals surface area contributed by atoms with Gasteiger partial charge in [-0.05, 0) is 19.8 Å². The van der Waals surface area contributed by atoms with Crippen LogP contribution in [0.1, 0.15) is 17.8 Å². The van der Waals surface area contributed by atoms with Crippen LogP contribution in [0.15, 0.2) is 4.34 Å². The molecule has 2 rings (SSSR count). The summed E-state index contributed by atoms with van der Waals surface area (Å²) in [6, 6.07) is 0. The Labute approximate surface area is 85.9 Å². The second kappa shape index (κ2) is 4.39. The van der Waals surface area contributed by atoms with E-state index in [0.717, 1.165) is 22.6 Å². The first-order valence-corrected chi connectivity index (χ1v) is 6.09. The zero-order chi connectivity index (χ0) is 9.10. The molecule has 0 spiro atoms. The summed E-state index contributed by atoms with van der Waals surface area (Å²) in [4.78, 5) is 0. The largest absolute Gasteiger partial charge is 0.380 e. The Hall–Kier alpha value is -0.130. The number of aromatic nitrogens is 2. The van der Waals surface area contributed by atoms with Crippen molar-refractivity contribution in [3.05, 3.63) is 5.01 Å². The lowest BCUT2D eigenvalue weighted by Crippen LogP contribution is -2.18. The van der Waals surface area contributed by atoms with Crippen molar-refractivity contribution < 1.29 is 4.74 Å². The number of aryl methyl sites for hydroxylation is 1. The third-order valence-corrected chi connectivity index (χ3v) is 4.05. The molecule has 1 unspecified atom stereocenters. The first-order chi connectivity index (χ1) is 6.34. The highest BCUT2D eigenvalue weighted by Gasteiger charge is 2.16. The van der Waals surface area contributed by atoms with Gasteiger partial charge < -0.3 is 4.74 Å². The summed E-state index contributed by atoms with van der Waals surface area (Å²) >= 11 is 3.47. The van der Waals surface area contributed by atoms with E-state index in [1.165, 1.54) is 12.8 Å². The van der Waals surface area contributed by atoms with Gasteiger partial charge in [-0.3, -0.25) is 0 Å². The minimum atomic E-state index is 0.584. The Balaban J connectivity index is 1.89. The molecule has 1 fully saturated rings. The molecule has 1 aromatic heterocycles. The van der Waals surface area contributed by atoms with Gasteiger partial charge in [0, 0.05) is 11.9 Å². The van der Waals surface area contributed by atoms with Crippen LogP contribution in [0, 0.1) is 6.92 Å². The van der Waals surface area contributed by atoms with Gasteiger partial charge in [0.2, 0.25) is 0 Å². The summed E-state index contributed by atoms with van der Waals surface area (Å²) in [5, 5.41) is 9.70. The van der Waals surface area contributed by atoms with E-state index in [1.807, 2.05) is 6.92 Å². The Bertz CT molecular complexity index is 271. The highest BCUT2D eigenvalue weighted by molar-refractivity contribution is 8.01. The van der Waals surface area contributed by atoms with Crippen molar-refractivity contribution in [1.29, 1.82) is 0 Å². The van der Waals surface area contributed by atoms with E-state index in [4.69, 9.17) is 4.74 Å².